The molecular weight excluding hydrogens is 122 g/mol. The Labute approximate surface area is 64.0 Å². The van der Waals surface area contributed by atoms with Crippen LogP contribution in [0.5, 0.6) is 0 Å². The highest BCUT2D eigenvalue weighted by Gasteiger charge is 2.31. The maximum Gasteiger partial charge on any atom is 0.0851 e. The molecule has 1 aliphatic rings. The largest absolute Gasteiger partial charge is 0.355 e. The van der Waals surface area contributed by atoms with E-state index >= 15 is 0 Å². The maximum atomic E-state index is 4.14. The van der Waals surface area contributed by atoms with E-state index in [0.29, 0.717) is 11.5 Å². The summed E-state index contributed by atoms with van der Waals surface area (Å²) in [5.74, 6) is 0.895. The van der Waals surface area contributed by atoms with E-state index in [1.165, 1.54) is 19.3 Å². The third-order valence-corrected chi connectivity index (χ3v) is 2.48. The molecule has 1 aliphatic carbocycles. The van der Waals surface area contributed by atoms with Gasteiger partial charge >= 0.3 is 0 Å². The molecule has 10 heavy (non-hydrogen) atoms. The summed E-state index contributed by atoms with van der Waals surface area (Å²) in [6, 6.07) is 0.707. The fourth-order valence-electron chi connectivity index (χ4n) is 2.54. The molecule has 1 saturated carbocycles. The summed E-state index contributed by atoms with van der Waals surface area (Å²) in [5.41, 5.74) is 4.70. The number of hydrogen-bond acceptors (Lipinski definition) is 0. The summed E-state index contributed by atoms with van der Waals surface area (Å²) >= 11 is 0. The molecule has 0 aliphatic heterocycles. The molecule has 0 radical (unpaired) electrons. The lowest BCUT2D eigenvalue weighted by molar-refractivity contribution is -0.433. The molecule has 60 valence electrons. The lowest BCUT2D eigenvalue weighted by Crippen LogP contribution is -2.64. The van der Waals surface area contributed by atoms with Crippen LogP contribution >= 0.6 is 0 Å². The third kappa shape index (κ3) is 1.98. The smallest absolute Gasteiger partial charge is 0.0851 e. The summed E-state index contributed by atoms with van der Waals surface area (Å²) < 4.78 is 0. The molecule has 1 heteroatoms. The zero-order valence-corrected chi connectivity index (χ0v) is 7.48. The van der Waals surface area contributed by atoms with Gasteiger partial charge in [-0.15, -0.1) is 0 Å². The topological polar surface area (TPSA) is 27.6 Å². The molecule has 1 rings (SSSR count). The van der Waals surface area contributed by atoms with Crippen molar-refractivity contribution in [2.75, 3.05) is 0 Å². The van der Waals surface area contributed by atoms with Crippen molar-refractivity contribution in [1.82, 2.24) is 0 Å². The Bertz CT molecular complexity index is 106. The Morgan fingerprint density at radius 3 is 2.30 bits per heavy atom. The Hall–Kier alpha value is -0.0400. The summed E-state index contributed by atoms with van der Waals surface area (Å²) in [4.78, 5) is 0. The van der Waals surface area contributed by atoms with Crippen LogP contribution in [-0.4, -0.2) is 6.04 Å². The van der Waals surface area contributed by atoms with Crippen molar-refractivity contribution in [2.45, 2.75) is 46.1 Å². The number of rotatable bonds is 0. The molecular formula is C9H20N+. The van der Waals surface area contributed by atoms with E-state index in [1.807, 2.05) is 0 Å². The highest BCUT2D eigenvalue weighted by molar-refractivity contribution is 4.81. The van der Waals surface area contributed by atoms with Gasteiger partial charge in [0, 0.05) is 12.8 Å². The van der Waals surface area contributed by atoms with Gasteiger partial charge in [0.05, 0.1) is 6.04 Å². The average molecular weight is 142 g/mol. The lowest BCUT2D eigenvalue weighted by Gasteiger charge is -2.35. The van der Waals surface area contributed by atoms with Crippen molar-refractivity contribution in [1.29, 1.82) is 0 Å². The first-order chi connectivity index (χ1) is 4.49. The predicted octanol–water partition coefficient (Wildman–Crippen LogP) is 1.44. The standard InChI is InChI=1S/C9H19N/c1-7-4-8(10)6-9(2,3)5-7/h7-8H,4-6,10H2,1-3H3/p+1/t7-,8-/m1/s1. The molecule has 0 spiro atoms. The fourth-order valence-corrected chi connectivity index (χ4v) is 2.54. The molecule has 0 aromatic heterocycles. The first-order valence-electron chi connectivity index (χ1n) is 4.33. The van der Waals surface area contributed by atoms with Gasteiger partial charge in [-0.1, -0.05) is 20.8 Å². The maximum absolute atomic E-state index is 4.14. The van der Waals surface area contributed by atoms with E-state index in [2.05, 4.69) is 26.5 Å². The first-order valence-corrected chi connectivity index (χ1v) is 4.33. The summed E-state index contributed by atoms with van der Waals surface area (Å²) in [7, 11) is 0. The monoisotopic (exact) mass is 142 g/mol. The Morgan fingerprint density at radius 1 is 1.30 bits per heavy atom. The molecule has 3 N–H and O–H groups in total. The second-order valence-electron chi connectivity index (χ2n) is 4.78. The van der Waals surface area contributed by atoms with Crippen LogP contribution < -0.4 is 5.73 Å². The van der Waals surface area contributed by atoms with E-state index in [1.54, 1.807) is 0 Å². The van der Waals surface area contributed by atoms with E-state index < -0.39 is 0 Å². The molecule has 0 saturated heterocycles. The fraction of sp³-hybridized carbons (Fsp3) is 1.00. The molecule has 1 nitrogen and oxygen atoms in total. The summed E-state index contributed by atoms with van der Waals surface area (Å²) in [6.07, 6.45) is 4.04. The van der Waals surface area contributed by atoms with Gasteiger partial charge in [-0.3, -0.25) is 0 Å². The Balaban J connectivity index is 2.51. The lowest BCUT2D eigenvalue weighted by atomic mass is 9.71. The van der Waals surface area contributed by atoms with Crippen molar-refractivity contribution < 1.29 is 5.73 Å². The zero-order chi connectivity index (χ0) is 7.78. The van der Waals surface area contributed by atoms with Crippen LogP contribution in [0.25, 0.3) is 0 Å². The molecule has 2 atom stereocenters. The zero-order valence-electron chi connectivity index (χ0n) is 7.48. The highest BCUT2D eigenvalue weighted by atomic mass is 14.7. The van der Waals surface area contributed by atoms with Gasteiger partial charge in [-0.05, 0) is 17.8 Å². The molecule has 0 aromatic carbocycles. The van der Waals surface area contributed by atoms with Gasteiger partial charge in [0.25, 0.3) is 0 Å². The SMILES string of the molecule is C[C@@H]1C[C@@H]([NH3+])CC(C)(C)C1. The van der Waals surface area contributed by atoms with Crippen LogP contribution in [-0.2, 0) is 0 Å². The summed E-state index contributed by atoms with van der Waals surface area (Å²) in [6.45, 7) is 7.07. The molecule has 0 bridgehead atoms. The van der Waals surface area contributed by atoms with Crippen molar-refractivity contribution in [2.24, 2.45) is 11.3 Å². The molecule has 0 heterocycles. The van der Waals surface area contributed by atoms with Gasteiger partial charge in [0.15, 0.2) is 0 Å². The Kier molecular flexibility index (Phi) is 2.04. The first kappa shape index (κ1) is 8.06. The minimum atomic E-state index is 0.560. The second kappa shape index (κ2) is 2.54. The predicted molar refractivity (Wildman–Crippen MR) is 43.5 cm³/mol. The van der Waals surface area contributed by atoms with E-state index in [4.69, 9.17) is 0 Å². The van der Waals surface area contributed by atoms with Gasteiger partial charge in [0.2, 0.25) is 0 Å². The van der Waals surface area contributed by atoms with Crippen LogP contribution in [0.3, 0.4) is 0 Å². The normalized spacial score (nSPS) is 39.6. The Morgan fingerprint density at radius 2 is 1.90 bits per heavy atom. The average Bonchev–Trinajstić information content (AvgIpc) is 1.54. The van der Waals surface area contributed by atoms with Gasteiger partial charge in [-0.2, -0.15) is 0 Å². The van der Waals surface area contributed by atoms with Crippen LogP contribution in [0.4, 0.5) is 0 Å². The number of quaternary nitrogens is 1. The summed E-state index contributed by atoms with van der Waals surface area (Å²) in [5, 5.41) is 0. The van der Waals surface area contributed by atoms with E-state index in [9.17, 15) is 0 Å². The van der Waals surface area contributed by atoms with Crippen molar-refractivity contribution in [3.05, 3.63) is 0 Å². The second-order valence-corrected chi connectivity index (χ2v) is 4.78. The van der Waals surface area contributed by atoms with Crippen LogP contribution in [0.1, 0.15) is 40.0 Å². The van der Waals surface area contributed by atoms with Gasteiger partial charge in [0.1, 0.15) is 0 Å². The van der Waals surface area contributed by atoms with Gasteiger partial charge in [-0.25, -0.2) is 0 Å². The van der Waals surface area contributed by atoms with Crippen LogP contribution in [0.2, 0.25) is 0 Å². The molecule has 1 fully saturated rings. The van der Waals surface area contributed by atoms with Gasteiger partial charge < -0.3 is 5.73 Å². The minimum absolute atomic E-state index is 0.560. The van der Waals surface area contributed by atoms with Crippen LogP contribution in [0.15, 0.2) is 0 Å². The molecule has 0 amide bonds. The van der Waals surface area contributed by atoms with E-state index in [-0.39, 0.29) is 0 Å². The van der Waals surface area contributed by atoms with Crippen molar-refractivity contribution >= 4 is 0 Å². The molecule has 0 aromatic rings. The third-order valence-electron chi connectivity index (χ3n) is 2.48. The van der Waals surface area contributed by atoms with Crippen molar-refractivity contribution in [3.63, 3.8) is 0 Å². The molecule has 0 unspecified atom stereocenters. The van der Waals surface area contributed by atoms with Crippen LogP contribution in [0, 0.1) is 11.3 Å². The minimum Gasteiger partial charge on any atom is -0.355 e. The number of hydrogen-bond donors (Lipinski definition) is 1. The van der Waals surface area contributed by atoms with Crippen molar-refractivity contribution in [3.8, 4) is 0 Å². The highest BCUT2D eigenvalue weighted by Crippen LogP contribution is 2.36. The quantitative estimate of drug-likeness (QED) is 0.530. The van der Waals surface area contributed by atoms with E-state index in [0.717, 1.165) is 5.92 Å².